The van der Waals surface area contributed by atoms with E-state index in [1.807, 2.05) is 26.8 Å². The van der Waals surface area contributed by atoms with Gasteiger partial charge in [0, 0.05) is 29.2 Å². The van der Waals surface area contributed by atoms with Crippen LogP contribution in [0, 0.1) is 20.8 Å². The fraction of sp³-hybridized carbons (Fsp3) is 0.424. The number of Topliss-reactive ketones (excluding diaryl/α,β-unsaturated/α-hetero) is 1. The summed E-state index contributed by atoms with van der Waals surface area (Å²) in [5.74, 6) is -1.87. The number of primary amides is 1. The second-order valence-corrected chi connectivity index (χ2v) is 11.8. The normalized spacial score (nSPS) is 19.3. The number of carbonyl (C=O) groups is 3. The average molecular weight is 545 g/mol. The number of allylic oxidation sites excluding steroid dienone is 2. The molecule has 0 fully saturated rings. The van der Waals surface area contributed by atoms with Gasteiger partial charge in [-0.1, -0.05) is 29.8 Å². The molecule has 40 heavy (non-hydrogen) atoms. The van der Waals surface area contributed by atoms with Crippen LogP contribution < -0.4 is 11.1 Å². The lowest BCUT2D eigenvalue weighted by Gasteiger charge is -2.38. The number of aryl methyl sites for hydroxylation is 3. The first-order chi connectivity index (χ1) is 18.8. The van der Waals surface area contributed by atoms with Crippen LogP contribution in [0.4, 0.5) is 0 Å². The van der Waals surface area contributed by atoms with Crippen LogP contribution >= 0.6 is 0 Å². The molecule has 2 aliphatic rings. The van der Waals surface area contributed by atoms with E-state index in [-0.39, 0.29) is 24.9 Å². The Balaban J connectivity index is 1.90. The van der Waals surface area contributed by atoms with Crippen molar-refractivity contribution in [1.82, 2.24) is 5.32 Å². The van der Waals surface area contributed by atoms with E-state index in [1.165, 1.54) is 22.3 Å². The number of nitrogens with one attached hydrogen (secondary N) is 1. The minimum Gasteiger partial charge on any atom is -0.463 e. The first-order valence-electron chi connectivity index (χ1n) is 13.9. The van der Waals surface area contributed by atoms with Crippen molar-refractivity contribution in [2.24, 2.45) is 5.73 Å². The van der Waals surface area contributed by atoms with Gasteiger partial charge in [0.2, 0.25) is 5.91 Å². The third-order valence-electron chi connectivity index (χ3n) is 7.51. The predicted octanol–water partition coefficient (Wildman–Crippen LogP) is 5.43. The highest BCUT2D eigenvalue weighted by atomic mass is 16.5. The molecule has 0 aromatic heterocycles. The zero-order valence-electron chi connectivity index (χ0n) is 24.6. The van der Waals surface area contributed by atoms with Crippen molar-refractivity contribution in [2.45, 2.75) is 78.7 Å². The van der Waals surface area contributed by atoms with Gasteiger partial charge in [0.05, 0.1) is 30.1 Å². The molecule has 0 bridgehead atoms. The summed E-state index contributed by atoms with van der Waals surface area (Å²) < 4.78 is 11.6. The number of carbonyl (C=O) groups excluding carboxylic acids is 3. The minimum atomic E-state index is -0.721. The molecule has 7 heteroatoms. The maximum absolute atomic E-state index is 14.1. The zero-order valence-corrected chi connectivity index (χ0v) is 24.6. The lowest BCUT2D eigenvalue weighted by Crippen LogP contribution is -2.39. The maximum Gasteiger partial charge on any atom is 0.336 e. The molecule has 0 radical (unpaired) electrons. The van der Waals surface area contributed by atoms with Gasteiger partial charge in [-0.2, -0.15) is 0 Å². The fourth-order valence-electron chi connectivity index (χ4n) is 6.05. The fourth-order valence-corrected chi connectivity index (χ4v) is 6.05. The Morgan fingerprint density at radius 3 is 2.33 bits per heavy atom. The Kier molecular flexibility index (Phi) is 8.36. The average Bonchev–Trinajstić information content (AvgIpc) is 2.85. The lowest BCUT2D eigenvalue weighted by atomic mass is 9.70. The first kappa shape index (κ1) is 29.3. The lowest BCUT2D eigenvalue weighted by molar-refractivity contribution is -0.139. The van der Waals surface area contributed by atoms with Crippen molar-refractivity contribution < 1.29 is 23.9 Å². The molecular weight excluding hydrogens is 504 g/mol. The van der Waals surface area contributed by atoms with E-state index in [9.17, 15) is 14.4 Å². The number of benzene rings is 2. The molecule has 1 aliphatic carbocycles. The summed E-state index contributed by atoms with van der Waals surface area (Å²) in [6.07, 6.45) is 0.925. The van der Waals surface area contributed by atoms with Gasteiger partial charge < -0.3 is 20.5 Å². The monoisotopic (exact) mass is 544 g/mol. The predicted molar refractivity (Wildman–Crippen MR) is 155 cm³/mol. The molecule has 2 unspecified atom stereocenters. The number of ether oxygens (including phenoxy) is 2. The molecule has 0 saturated heterocycles. The summed E-state index contributed by atoms with van der Waals surface area (Å²) in [6, 6.07) is 11.2. The van der Waals surface area contributed by atoms with Gasteiger partial charge in [0.25, 0.3) is 0 Å². The van der Waals surface area contributed by atoms with Crippen LogP contribution in [0.3, 0.4) is 0 Å². The smallest absolute Gasteiger partial charge is 0.336 e. The number of rotatable bonds is 7. The largest absolute Gasteiger partial charge is 0.463 e. The Labute approximate surface area is 236 Å². The highest BCUT2D eigenvalue weighted by molar-refractivity contribution is 6.04. The molecule has 3 N–H and O–H groups in total. The molecule has 1 aliphatic heterocycles. The summed E-state index contributed by atoms with van der Waals surface area (Å²) in [4.78, 5) is 39.7. The van der Waals surface area contributed by atoms with Crippen LogP contribution in [0.25, 0.3) is 0 Å². The number of hydrogen-bond donors (Lipinski definition) is 2. The molecule has 2 aromatic rings. The molecule has 212 valence electrons. The van der Waals surface area contributed by atoms with Gasteiger partial charge >= 0.3 is 5.97 Å². The van der Waals surface area contributed by atoms with Crippen LogP contribution in [-0.2, 0) is 19.1 Å². The number of nitrogens with two attached hydrogens (primary N) is 1. The number of dihydropyridines is 1. The molecular formula is C33H40N2O5. The molecule has 0 spiro atoms. The Bertz CT molecular complexity index is 1400. The standard InChI is InChI=1S/C33H40N2O5/c1-8-39-32(38)30-25(17-40-33(5,6)7)35-24-15-23(27-19(3)12-18(2)13-20(27)4)16-26(36)29(24)28(30)21-10-9-11-22(14-21)31(34)37/h9-14,23,28,35H,8,15-17H2,1-7H3,(H2,34,37). The quantitative estimate of drug-likeness (QED) is 0.450. The Morgan fingerprint density at radius 2 is 1.73 bits per heavy atom. The van der Waals surface area contributed by atoms with Crippen LogP contribution in [0.15, 0.2) is 58.9 Å². The number of esters is 1. The van der Waals surface area contributed by atoms with Gasteiger partial charge in [-0.25, -0.2) is 4.79 Å². The SMILES string of the molecule is CCOC(=O)C1=C(COC(C)(C)C)NC2=C(C(=O)CC(c3c(C)cc(C)cc3C)C2)C1c1cccc(C(N)=O)c1. The third-order valence-corrected chi connectivity index (χ3v) is 7.51. The van der Waals surface area contributed by atoms with Gasteiger partial charge in [-0.05, 0) is 95.2 Å². The molecule has 0 saturated carbocycles. The van der Waals surface area contributed by atoms with Crippen molar-refractivity contribution in [3.63, 3.8) is 0 Å². The summed E-state index contributed by atoms with van der Waals surface area (Å²) >= 11 is 0. The summed E-state index contributed by atoms with van der Waals surface area (Å²) in [7, 11) is 0. The van der Waals surface area contributed by atoms with E-state index in [0.717, 1.165) is 5.70 Å². The molecule has 7 nitrogen and oxygen atoms in total. The van der Waals surface area contributed by atoms with Gasteiger partial charge in [-0.15, -0.1) is 0 Å². The zero-order chi connectivity index (χ0) is 29.4. The molecule has 1 amide bonds. The van der Waals surface area contributed by atoms with Crippen LogP contribution in [0.1, 0.15) is 90.5 Å². The van der Waals surface area contributed by atoms with E-state index >= 15 is 0 Å². The molecule has 2 aromatic carbocycles. The minimum absolute atomic E-state index is 0.00844. The highest BCUT2D eigenvalue weighted by Gasteiger charge is 2.43. The molecule has 2 atom stereocenters. The maximum atomic E-state index is 14.1. The van der Waals surface area contributed by atoms with Crippen molar-refractivity contribution in [3.8, 4) is 0 Å². The van der Waals surface area contributed by atoms with Gasteiger partial charge in [0.1, 0.15) is 0 Å². The van der Waals surface area contributed by atoms with Crippen molar-refractivity contribution >= 4 is 17.7 Å². The number of ketones is 1. The van der Waals surface area contributed by atoms with Crippen molar-refractivity contribution in [3.05, 3.63) is 92.3 Å². The molecule has 1 heterocycles. The molecule has 4 rings (SSSR count). The Hall–Kier alpha value is -3.71. The highest BCUT2D eigenvalue weighted by Crippen LogP contribution is 2.47. The topological polar surface area (TPSA) is 108 Å². The van der Waals surface area contributed by atoms with Crippen molar-refractivity contribution in [1.29, 1.82) is 0 Å². The van der Waals surface area contributed by atoms with Crippen LogP contribution in [0.5, 0.6) is 0 Å². The third kappa shape index (κ3) is 6.04. The van der Waals surface area contributed by atoms with Crippen LogP contribution in [-0.4, -0.2) is 36.5 Å². The van der Waals surface area contributed by atoms with E-state index in [1.54, 1.807) is 25.1 Å². The van der Waals surface area contributed by atoms with E-state index in [0.29, 0.717) is 40.8 Å². The second-order valence-electron chi connectivity index (χ2n) is 11.8. The van der Waals surface area contributed by atoms with Crippen LogP contribution in [0.2, 0.25) is 0 Å². The second kappa shape index (κ2) is 11.4. The summed E-state index contributed by atoms with van der Waals surface area (Å²) in [5, 5.41) is 3.46. The van der Waals surface area contributed by atoms with E-state index < -0.39 is 23.4 Å². The number of amides is 1. The van der Waals surface area contributed by atoms with E-state index in [2.05, 4.69) is 38.2 Å². The van der Waals surface area contributed by atoms with E-state index in [4.69, 9.17) is 15.2 Å². The first-order valence-corrected chi connectivity index (χ1v) is 13.9. The Morgan fingerprint density at radius 1 is 1.05 bits per heavy atom. The van der Waals surface area contributed by atoms with Gasteiger partial charge in [0.15, 0.2) is 5.78 Å². The van der Waals surface area contributed by atoms with Gasteiger partial charge in [-0.3, -0.25) is 9.59 Å². The number of hydrogen-bond acceptors (Lipinski definition) is 6. The van der Waals surface area contributed by atoms with Crippen molar-refractivity contribution in [2.75, 3.05) is 13.2 Å². The summed E-state index contributed by atoms with van der Waals surface area (Å²) in [6.45, 7) is 14.2. The summed E-state index contributed by atoms with van der Waals surface area (Å²) in [5.41, 5.74) is 13.0.